The average Bonchev–Trinajstić information content (AvgIpc) is 3.13. The summed E-state index contributed by atoms with van der Waals surface area (Å²) in [5.41, 5.74) is 0. The van der Waals surface area contributed by atoms with Gasteiger partial charge in [-0.05, 0) is 0 Å². The summed E-state index contributed by atoms with van der Waals surface area (Å²) in [7, 11) is -4.27. The molecule has 0 radical (unpaired) electrons. The van der Waals surface area contributed by atoms with Crippen molar-refractivity contribution in [1.29, 1.82) is 0 Å². The van der Waals surface area contributed by atoms with Gasteiger partial charge in [0, 0.05) is 0 Å². The van der Waals surface area contributed by atoms with Crippen LogP contribution < -0.4 is 0 Å². The van der Waals surface area contributed by atoms with E-state index in [2.05, 4.69) is 69.2 Å². The van der Waals surface area contributed by atoms with Gasteiger partial charge in [0.2, 0.25) is 0 Å². The third-order valence-electron chi connectivity index (χ3n) is 11.7. The van der Waals surface area contributed by atoms with Gasteiger partial charge in [-0.15, -0.1) is 0 Å². The van der Waals surface area contributed by atoms with Crippen LogP contribution >= 0.6 is 21.5 Å². The molecule has 0 aromatic carbocycles. The molecule has 0 aliphatic carbocycles. The van der Waals surface area contributed by atoms with Gasteiger partial charge >= 0.3 is 247 Å². The Labute approximate surface area is 324 Å². The van der Waals surface area contributed by atoms with Crippen LogP contribution in [0.1, 0.15) is 236 Å². The van der Waals surface area contributed by atoms with Crippen molar-refractivity contribution >= 4 is 21.5 Å². The Bertz CT molecular complexity index is 671. The predicted molar refractivity (Wildman–Crippen MR) is 242 cm³/mol. The number of hydrogen-bond acceptors (Lipinski definition) is 3. The van der Waals surface area contributed by atoms with E-state index in [-0.39, 0.29) is 0 Å². The molecule has 0 aromatic heterocycles. The Morgan fingerprint density at radius 2 is 0.471 bits per heavy atom. The number of hydrogen-bond donors (Lipinski definition) is 1. The predicted octanol–water partition coefficient (Wildman–Crippen LogP) is 17.4. The average molecular weight is 785 g/mol. The molecule has 0 unspecified atom stereocenters. The number of unbranched alkanes of at least 4 members (excludes halogenated alkanes) is 17. The van der Waals surface area contributed by atoms with Crippen LogP contribution in [-0.2, 0) is 13.2 Å². The summed E-state index contributed by atoms with van der Waals surface area (Å²) < 4.78 is 28.9. The van der Waals surface area contributed by atoms with Crippen molar-refractivity contribution in [2.24, 2.45) is 0 Å². The first kappa shape index (κ1) is 54.1. The summed E-state index contributed by atoms with van der Waals surface area (Å²) >= 11 is 0. The second-order valence-electron chi connectivity index (χ2n) is 16.8. The first-order valence-electron chi connectivity index (χ1n) is 23.2. The molecule has 0 saturated carbocycles. The maximum atomic E-state index is 14.7. The van der Waals surface area contributed by atoms with Crippen LogP contribution in [-0.4, -0.2) is 54.2 Å². The van der Waals surface area contributed by atoms with E-state index in [9.17, 15) is 9.46 Å². The SMILES string of the molecule is CCCCCCCCCCCC.CCCCP(CCCC)(CCCC)(CCCC)OP(=O)(O)OP(CCCC)(CCCC)(CCCC)CCCC. The van der Waals surface area contributed by atoms with E-state index >= 15 is 0 Å². The van der Waals surface area contributed by atoms with Gasteiger partial charge in [-0.3, -0.25) is 0 Å². The molecule has 0 amide bonds. The molecule has 0 aliphatic heterocycles. The van der Waals surface area contributed by atoms with Crippen molar-refractivity contribution in [3.05, 3.63) is 0 Å². The molecule has 314 valence electrons. The van der Waals surface area contributed by atoms with Crippen molar-refractivity contribution in [2.45, 2.75) is 236 Å². The van der Waals surface area contributed by atoms with Crippen LogP contribution in [0.2, 0.25) is 0 Å². The third kappa shape index (κ3) is 23.6. The quantitative estimate of drug-likeness (QED) is 0.0503. The normalized spacial score (nSPS) is 15.0. The Morgan fingerprint density at radius 1 is 0.314 bits per heavy atom. The molecule has 0 aliphatic rings. The van der Waals surface area contributed by atoms with Crippen LogP contribution in [0, 0.1) is 0 Å². The van der Waals surface area contributed by atoms with Crippen LogP contribution in [0.4, 0.5) is 0 Å². The van der Waals surface area contributed by atoms with Gasteiger partial charge in [-0.2, -0.15) is 0 Å². The van der Waals surface area contributed by atoms with Crippen LogP contribution in [0.5, 0.6) is 0 Å². The van der Waals surface area contributed by atoms with Gasteiger partial charge in [0.15, 0.2) is 0 Å². The van der Waals surface area contributed by atoms with Crippen molar-refractivity contribution in [3.63, 3.8) is 0 Å². The first-order valence-corrected chi connectivity index (χ1v) is 30.5. The minimum atomic E-state index is -4.27. The van der Waals surface area contributed by atoms with Gasteiger partial charge < -0.3 is 0 Å². The zero-order chi connectivity index (χ0) is 38.9. The van der Waals surface area contributed by atoms with E-state index in [0.717, 1.165) is 152 Å². The van der Waals surface area contributed by atoms with Crippen molar-refractivity contribution in [2.75, 3.05) is 49.3 Å². The molecule has 0 atom stereocenters. The summed E-state index contributed by atoms with van der Waals surface area (Å²) in [6, 6.07) is 0. The second kappa shape index (κ2) is 32.1. The van der Waals surface area contributed by atoms with E-state index in [4.69, 9.17) is 8.62 Å². The van der Waals surface area contributed by atoms with Gasteiger partial charge in [0.1, 0.15) is 0 Å². The van der Waals surface area contributed by atoms with E-state index < -0.39 is 21.5 Å². The molecule has 0 fully saturated rings. The molecule has 0 aromatic rings. The molecule has 4 nitrogen and oxygen atoms in total. The molecule has 1 N–H and O–H groups in total. The standard InChI is InChI=1S/C32H73O4P3.C12H26/c1-9-17-25-38(26-18-10-2,27-19-11-3,28-20-12-4)35-37(33,34)36-39(29-21-13-5,30-22-14-6,31-23-15-7)32-24-16-8;1-3-5-7-9-11-12-10-8-6-4-2/h9-32H2,1-8H3,(H,33,34);3-12H2,1-2H3. The zero-order valence-corrected chi connectivity index (χ0v) is 39.7. The van der Waals surface area contributed by atoms with E-state index in [0.29, 0.717) is 0 Å². The van der Waals surface area contributed by atoms with Crippen LogP contribution in [0.3, 0.4) is 0 Å². The molecule has 0 saturated heterocycles. The van der Waals surface area contributed by atoms with Crippen molar-refractivity contribution in [3.8, 4) is 0 Å². The molecule has 7 heteroatoms. The topological polar surface area (TPSA) is 55.8 Å². The summed E-state index contributed by atoms with van der Waals surface area (Å²) in [4.78, 5) is 12.1. The van der Waals surface area contributed by atoms with Gasteiger partial charge in [-0.25, -0.2) is 0 Å². The van der Waals surface area contributed by atoms with Crippen LogP contribution in [0.15, 0.2) is 0 Å². The summed E-state index contributed by atoms with van der Waals surface area (Å²) in [6.07, 6.45) is 39.8. The third-order valence-corrected chi connectivity index (χ3v) is 28.7. The van der Waals surface area contributed by atoms with E-state index in [1.54, 1.807) is 0 Å². The molecule has 0 spiro atoms. The first-order chi connectivity index (χ1) is 24.4. The molecule has 0 heterocycles. The molecule has 51 heavy (non-hydrogen) atoms. The molecule has 0 rings (SSSR count). The zero-order valence-electron chi connectivity index (χ0n) is 37.1. The fourth-order valence-corrected chi connectivity index (χ4v) is 27.6. The Kier molecular flexibility index (Phi) is 34.0. The van der Waals surface area contributed by atoms with Gasteiger partial charge in [0.25, 0.3) is 0 Å². The van der Waals surface area contributed by atoms with Gasteiger partial charge in [-0.1, -0.05) is 78.1 Å². The monoisotopic (exact) mass is 785 g/mol. The fourth-order valence-electron chi connectivity index (χ4n) is 8.29. The second-order valence-corrected chi connectivity index (χ2v) is 30.0. The summed E-state index contributed by atoms with van der Waals surface area (Å²) in [5, 5.41) is 0. The number of rotatable bonds is 37. The minimum absolute atomic E-state index is 0.986. The van der Waals surface area contributed by atoms with Gasteiger partial charge in [0.05, 0.1) is 0 Å². The van der Waals surface area contributed by atoms with Crippen molar-refractivity contribution in [1.82, 2.24) is 0 Å². The van der Waals surface area contributed by atoms with E-state index in [1.165, 1.54) is 64.2 Å². The van der Waals surface area contributed by atoms with Crippen molar-refractivity contribution < 1.29 is 18.1 Å². The Balaban J connectivity index is 0. The van der Waals surface area contributed by atoms with Crippen LogP contribution in [0.25, 0.3) is 0 Å². The molecular weight excluding hydrogens is 685 g/mol. The number of phosphoric acid groups is 1. The Morgan fingerprint density at radius 3 is 0.627 bits per heavy atom. The molecular formula is C44H99O4P3. The van der Waals surface area contributed by atoms with E-state index in [1.807, 2.05) is 0 Å². The maximum absolute atomic E-state index is 14.7. The molecule has 0 bridgehead atoms. The summed E-state index contributed by atoms with van der Waals surface area (Å²) in [6.45, 7) is 16.6. The Hall–Kier alpha value is 0.970. The summed E-state index contributed by atoms with van der Waals surface area (Å²) in [5.74, 6) is 0. The fraction of sp³-hybridized carbons (Fsp3) is 1.00.